The summed E-state index contributed by atoms with van der Waals surface area (Å²) < 4.78 is 39.0. The number of aliphatic imine (C=N–C) groups is 1. The van der Waals surface area contributed by atoms with Crippen LogP contribution >= 0.6 is 0 Å². The molecule has 1 aliphatic carbocycles. The SMILES string of the molecule is CCC1(C[NH+]2C=CN=C2)C=CC=CC1.F[B-](F)(F)F. The second-order valence-corrected chi connectivity index (χ2v) is 4.55. The van der Waals surface area contributed by atoms with E-state index in [-0.39, 0.29) is 0 Å². The summed E-state index contributed by atoms with van der Waals surface area (Å²) in [5.41, 5.74) is 0.338. The molecule has 0 radical (unpaired) electrons. The molecular formula is C12H17BF4N2. The minimum Gasteiger partial charge on any atom is -0.418 e. The summed E-state index contributed by atoms with van der Waals surface area (Å²) in [6, 6.07) is 0. The Labute approximate surface area is 110 Å². The molecule has 0 saturated heterocycles. The Morgan fingerprint density at radius 3 is 2.37 bits per heavy atom. The molecule has 7 heteroatoms. The summed E-state index contributed by atoms with van der Waals surface area (Å²) in [5.74, 6) is 0. The fraction of sp³-hybridized carbons (Fsp3) is 0.417. The second kappa shape index (κ2) is 6.70. The molecule has 0 spiro atoms. The van der Waals surface area contributed by atoms with E-state index >= 15 is 0 Å². The molecule has 106 valence electrons. The van der Waals surface area contributed by atoms with E-state index in [1.807, 2.05) is 12.5 Å². The predicted octanol–water partition coefficient (Wildman–Crippen LogP) is 2.60. The van der Waals surface area contributed by atoms with Gasteiger partial charge in [0.25, 0.3) is 0 Å². The summed E-state index contributed by atoms with van der Waals surface area (Å²) in [4.78, 5) is 5.46. The Bertz CT molecular complexity index is 383. The number of quaternary nitrogens is 1. The molecule has 0 amide bonds. The number of hydrogen-bond donors (Lipinski definition) is 1. The van der Waals surface area contributed by atoms with Gasteiger partial charge in [-0.05, 0) is 12.8 Å². The second-order valence-electron chi connectivity index (χ2n) is 4.55. The van der Waals surface area contributed by atoms with Gasteiger partial charge >= 0.3 is 7.25 Å². The van der Waals surface area contributed by atoms with Crippen molar-refractivity contribution in [2.45, 2.75) is 19.8 Å². The number of nitrogens with one attached hydrogen (secondary N) is 1. The van der Waals surface area contributed by atoms with Gasteiger partial charge in [0.1, 0.15) is 6.20 Å². The molecule has 2 unspecified atom stereocenters. The highest BCUT2D eigenvalue weighted by molar-refractivity contribution is 6.50. The third kappa shape index (κ3) is 6.38. The van der Waals surface area contributed by atoms with Crippen molar-refractivity contribution in [3.05, 3.63) is 36.7 Å². The summed E-state index contributed by atoms with van der Waals surface area (Å²) in [6.07, 6.45) is 17.2. The smallest absolute Gasteiger partial charge is 0.418 e. The zero-order valence-corrected chi connectivity index (χ0v) is 10.7. The standard InChI is InChI=1S/C12H16N2.BF4/c1-2-12(6-4-3-5-7-12)10-14-9-8-13-11-14;2-1(3,4)5/h3-6,8-9,11H,2,7,10H2,1H3;/q;-1/p+1. The number of halogens is 4. The highest BCUT2D eigenvalue weighted by Gasteiger charge is 2.30. The zero-order valence-electron chi connectivity index (χ0n) is 10.7. The normalized spacial score (nSPS) is 28.4. The number of allylic oxidation sites excluding steroid dienone is 3. The van der Waals surface area contributed by atoms with Gasteiger partial charge in [-0.1, -0.05) is 31.2 Å². The van der Waals surface area contributed by atoms with E-state index < -0.39 is 7.25 Å². The first kappa shape index (κ1) is 15.7. The maximum Gasteiger partial charge on any atom is 0.673 e. The van der Waals surface area contributed by atoms with E-state index in [2.05, 4.69) is 42.4 Å². The van der Waals surface area contributed by atoms with Gasteiger partial charge in [0.15, 0.2) is 6.34 Å². The molecule has 1 aliphatic heterocycles. The third-order valence-electron chi connectivity index (χ3n) is 3.10. The molecule has 1 N–H and O–H groups in total. The lowest BCUT2D eigenvalue weighted by Crippen LogP contribution is -3.07. The van der Waals surface area contributed by atoms with Gasteiger partial charge in [0.2, 0.25) is 0 Å². The zero-order chi connectivity index (χ0) is 14.4. The minimum absolute atomic E-state index is 0.338. The van der Waals surface area contributed by atoms with Gasteiger partial charge in [0, 0.05) is 5.41 Å². The van der Waals surface area contributed by atoms with Gasteiger partial charge < -0.3 is 17.3 Å². The Balaban J connectivity index is 0.000000312. The monoisotopic (exact) mass is 276 g/mol. The van der Waals surface area contributed by atoms with Gasteiger partial charge in [0.05, 0.1) is 12.7 Å². The lowest BCUT2D eigenvalue weighted by Gasteiger charge is -2.29. The van der Waals surface area contributed by atoms with E-state index in [0.29, 0.717) is 5.41 Å². The molecule has 0 aromatic rings. The van der Waals surface area contributed by atoms with Crippen LogP contribution in [0.5, 0.6) is 0 Å². The maximum absolute atomic E-state index is 9.75. The quantitative estimate of drug-likeness (QED) is 0.603. The minimum atomic E-state index is -6.00. The van der Waals surface area contributed by atoms with Crippen molar-refractivity contribution in [3.63, 3.8) is 0 Å². The molecule has 0 aromatic carbocycles. The van der Waals surface area contributed by atoms with Crippen molar-refractivity contribution in [2.24, 2.45) is 10.4 Å². The Hall–Kier alpha value is -1.37. The van der Waals surface area contributed by atoms with E-state index in [9.17, 15) is 17.3 Å². The Morgan fingerprint density at radius 1 is 1.26 bits per heavy atom. The van der Waals surface area contributed by atoms with Crippen LogP contribution in [0.3, 0.4) is 0 Å². The van der Waals surface area contributed by atoms with Crippen molar-refractivity contribution in [1.29, 1.82) is 0 Å². The van der Waals surface area contributed by atoms with Gasteiger partial charge in [-0.15, -0.1) is 0 Å². The number of hydrogen-bond acceptors (Lipinski definition) is 1. The Kier molecular flexibility index (Phi) is 5.53. The van der Waals surface area contributed by atoms with Crippen molar-refractivity contribution >= 4 is 13.6 Å². The number of rotatable bonds is 3. The molecule has 2 atom stereocenters. The van der Waals surface area contributed by atoms with Crippen molar-refractivity contribution in [3.8, 4) is 0 Å². The molecule has 19 heavy (non-hydrogen) atoms. The first-order chi connectivity index (χ1) is 8.85. The van der Waals surface area contributed by atoms with Crippen molar-refractivity contribution < 1.29 is 22.2 Å². The van der Waals surface area contributed by atoms with E-state index in [4.69, 9.17) is 0 Å². The van der Waals surface area contributed by atoms with Gasteiger partial charge in [-0.2, -0.15) is 0 Å². The molecule has 2 aliphatic rings. The van der Waals surface area contributed by atoms with Crippen LogP contribution in [0, 0.1) is 5.41 Å². The predicted molar refractivity (Wildman–Crippen MR) is 69.3 cm³/mol. The van der Waals surface area contributed by atoms with Crippen LogP contribution in [-0.2, 0) is 0 Å². The van der Waals surface area contributed by atoms with Crippen molar-refractivity contribution in [2.75, 3.05) is 6.54 Å². The Morgan fingerprint density at radius 2 is 1.95 bits per heavy atom. The highest BCUT2D eigenvalue weighted by Crippen LogP contribution is 2.29. The van der Waals surface area contributed by atoms with Gasteiger partial charge in [-0.25, -0.2) is 4.99 Å². The molecule has 0 saturated carbocycles. The highest BCUT2D eigenvalue weighted by atomic mass is 19.5. The van der Waals surface area contributed by atoms with Crippen LogP contribution in [0.15, 0.2) is 41.7 Å². The number of nitrogens with zero attached hydrogens (tertiary/aromatic N) is 1. The van der Waals surface area contributed by atoms with Crippen LogP contribution in [0.1, 0.15) is 19.8 Å². The molecule has 1 heterocycles. The van der Waals surface area contributed by atoms with Crippen LogP contribution in [0.25, 0.3) is 0 Å². The fourth-order valence-corrected chi connectivity index (χ4v) is 2.06. The first-order valence-electron chi connectivity index (χ1n) is 6.12. The molecule has 2 nitrogen and oxygen atoms in total. The van der Waals surface area contributed by atoms with E-state index in [0.717, 1.165) is 13.0 Å². The average Bonchev–Trinajstić information content (AvgIpc) is 2.81. The average molecular weight is 276 g/mol. The molecule has 0 fully saturated rings. The van der Waals surface area contributed by atoms with Crippen LogP contribution in [-0.4, -0.2) is 20.1 Å². The summed E-state index contributed by atoms with van der Waals surface area (Å²) in [5, 5.41) is 0. The third-order valence-corrected chi connectivity index (χ3v) is 3.10. The van der Waals surface area contributed by atoms with Gasteiger partial charge in [-0.3, -0.25) is 4.90 Å². The lowest BCUT2D eigenvalue weighted by atomic mass is 9.79. The molecule has 2 rings (SSSR count). The summed E-state index contributed by atoms with van der Waals surface area (Å²) in [6.45, 7) is 3.38. The molecule has 0 bridgehead atoms. The van der Waals surface area contributed by atoms with Crippen molar-refractivity contribution in [1.82, 2.24) is 0 Å². The maximum atomic E-state index is 9.75. The lowest BCUT2D eigenvalue weighted by molar-refractivity contribution is -0.745. The molecular weight excluding hydrogens is 259 g/mol. The van der Waals surface area contributed by atoms with Crippen LogP contribution < -0.4 is 4.90 Å². The fourth-order valence-electron chi connectivity index (χ4n) is 2.06. The largest absolute Gasteiger partial charge is 0.673 e. The first-order valence-corrected chi connectivity index (χ1v) is 6.12. The topological polar surface area (TPSA) is 16.8 Å². The van der Waals surface area contributed by atoms with E-state index in [1.165, 1.54) is 11.3 Å². The summed E-state index contributed by atoms with van der Waals surface area (Å²) >= 11 is 0. The van der Waals surface area contributed by atoms with Crippen LogP contribution in [0.2, 0.25) is 0 Å². The molecule has 0 aromatic heterocycles. The summed E-state index contributed by atoms with van der Waals surface area (Å²) in [7, 11) is -6.00. The van der Waals surface area contributed by atoms with Crippen LogP contribution in [0.4, 0.5) is 17.3 Å². The van der Waals surface area contributed by atoms with E-state index in [1.54, 1.807) is 0 Å².